The first-order valence-electron chi connectivity index (χ1n) is 8.64. The van der Waals surface area contributed by atoms with Crippen molar-refractivity contribution in [1.29, 1.82) is 0 Å². The minimum Gasteiger partial charge on any atom is -0.467 e. The Balaban J connectivity index is 1.47. The van der Waals surface area contributed by atoms with Crippen molar-refractivity contribution in [3.05, 3.63) is 46.5 Å². The maximum atomic E-state index is 12.5. The average molecular weight is 421 g/mol. The molecule has 1 N–H and O–H groups in total. The molecule has 148 valence electrons. The van der Waals surface area contributed by atoms with Crippen LogP contribution in [-0.2, 0) is 22.7 Å². The van der Waals surface area contributed by atoms with Crippen molar-refractivity contribution < 1.29 is 14.0 Å². The lowest BCUT2D eigenvalue weighted by Crippen LogP contribution is -2.41. The quantitative estimate of drug-likeness (QED) is 0.497. The molecular formula is C17H20N6O3S2. The number of rotatable bonds is 10. The lowest BCUT2D eigenvalue weighted by Gasteiger charge is -2.20. The van der Waals surface area contributed by atoms with E-state index in [0.717, 1.165) is 10.6 Å². The molecule has 28 heavy (non-hydrogen) atoms. The third-order valence-corrected chi connectivity index (χ3v) is 5.64. The van der Waals surface area contributed by atoms with E-state index < -0.39 is 0 Å². The number of hydrogen-bond acceptors (Lipinski definition) is 8. The lowest BCUT2D eigenvalue weighted by molar-refractivity contribution is -0.133. The predicted octanol–water partition coefficient (Wildman–Crippen LogP) is 1.63. The summed E-state index contributed by atoms with van der Waals surface area (Å²) in [6.45, 7) is 3.18. The molecule has 0 bridgehead atoms. The number of thiophene rings is 1. The number of nitrogens with zero attached hydrogens (tertiary/aromatic N) is 5. The van der Waals surface area contributed by atoms with E-state index in [1.165, 1.54) is 16.7 Å². The summed E-state index contributed by atoms with van der Waals surface area (Å²) >= 11 is 2.81. The number of aromatic nitrogens is 4. The van der Waals surface area contributed by atoms with Gasteiger partial charge in [0, 0.05) is 11.4 Å². The highest BCUT2D eigenvalue weighted by Crippen LogP contribution is 2.16. The van der Waals surface area contributed by atoms with Gasteiger partial charge in [-0.15, -0.1) is 16.4 Å². The standard InChI is InChI=1S/C17H20N6O3S2/c1-2-22(11-15(24)18-9-14-6-4-8-27-14)16(25)12-28-17-19-20-21-23(17)10-13-5-3-7-26-13/h3-8H,2,9-12H2,1H3,(H,18,24). The number of tetrazole rings is 1. The zero-order valence-corrected chi connectivity index (χ0v) is 16.9. The third-order valence-electron chi connectivity index (χ3n) is 3.82. The number of carbonyl (C=O) groups is 2. The van der Waals surface area contributed by atoms with Gasteiger partial charge in [0.15, 0.2) is 0 Å². The van der Waals surface area contributed by atoms with E-state index in [0.29, 0.717) is 24.8 Å². The van der Waals surface area contributed by atoms with Gasteiger partial charge in [-0.05, 0) is 40.9 Å². The van der Waals surface area contributed by atoms with Gasteiger partial charge >= 0.3 is 0 Å². The summed E-state index contributed by atoms with van der Waals surface area (Å²) in [6, 6.07) is 7.51. The highest BCUT2D eigenvalue weighted by atomic mass is 32.2. The molecule has 0 saturated carbocycles. The van der Waals surface area contributed by atoms with Crippen LogP contribution in [0.15, 0.2) is 45.5 Å². The predicted molar refractivity (Wildman–Crippen MR) is 105 cm³/mol. The van der Waals surface area contributed by atoms with E-state index in [1.807, 2.05) is 30.5 Å². The second kappa shape index (κ2) is 10.0. The molecule has 0 aliphatic carbocycles. The Morgan fingerprint density at radius 1 is 1.36 bits per heavy atom. The van der Waals surface area contributed by atoms with E-state index in [1.54, 1.807) is 28.3 Å². The van der Waals surface area contributed by atoms with E-state index in [-0.39, 0.29) is 24.1 Å². The fourth-order valence-corrected chi connectivity index (χ4v) is 3.80. The number of furan rings is 1. The highest BCUT2D eigenvalue weighted by molar-refractivity contribution is 7.99. The van der Waals surface area contributed by atoms with Crippen LogP contribution in [0.5, 0.6) is 0 Å². The van der Waals surface area contributed by atoms with Gasteiger partial charge in [0.25, 0.3) is 0 Å². The van der Waals surface area contributed by atoms with E-state index in [9.17, 15) is 9.59 Å². The smallest absolute Gasteiger partial charge is 0.239 e. The van der Waals surface area contributed by atoms with Gasteiger partial charge in [0.2, 0.25) is 17.0 Å². The SMILES string of the molecule is CCN(CC(=O)NCc1cccs1)C(=O)CSc1nnnn1Cc1ccco1. The molecule has 3 rings (SSSR count). The maximum Gasteiger partial charge on any atom is 0.239 e. The molecule has 3 aromatic heterocycles. The second-order valence-electron chi connectivity index (χ2n) is 5.75. The van der Waals surface area contributed by atoms with Gasteiger partial charge in [0.05, 0.1) is 25.1 Å². The summed E-state index contributed by atoms with van der Waals surface area (Å²) in [5.74, 6) is 0.533. The van der Waals surface area contributed by atoms with Crippen LogP contribution in [0.4, 0.5) is 0 Å². The zero-order chi connectivity index (χ0) is 19.8. The summed E-state index contributed by atoms with van der Waals surface area (Å²) in [5.41, 5.74) is 0. The molecule has 0 aliphatic heterocycles. The van der Waals surface area contributed by atoms with Gasteiger partial charge in [-0.3, -0.25) is 9.59 Å². The molecule has 0 atom stereocenters. The van der Waals surface area contributed by atoms with Crippen LogP contribution in [0.1, 0.15) is 17.6 Å². The molecule has 0 aromatic carbocycles. The summed E-state index contributed by atoms with van der Waals surface area (Å²) in [7, 11) is 0. The van der Waals surface area contributed by atoms with E-state index in [2.05, 4.69) is 20.8 Å². The zero-order valence-electron chi connectivity index (χ0n) is 15.3. The molecule has 3 heterocycles. The van der Waals surface area contributed by atoms with Crippen molar-refractivity contribution >= 4 is 34.9 Å². The fraction of sp³-hybridized carbons (Fsp3) is 0.353. The van der Waals surface area contributed by atoms with Crippen molar-refractivity contribution in [2.24, 2.45) is 0 Å². The number of hydrogen-bond donors (Lipinski definition) is 1. The number of amides is 2. The molecule has 11 heteroatoms. The van der Waals surface area contributed by atoms with Gasteiger partial charge in [0.1, 0.15) is 12.3 Å². The summed E-state index contributed by atoms with van der Waals surface area (Å²) in [4.78, 5) is 27.2. The van der Waals surface area contributed by atoms with Crippen molar-refractivity contribution in [2.75, 3.05) is 18.8 Å². The van der Waals surface area contributed by atoms with Crippen LogP contribution in [0.2, 0.25) is 0 Å². The number of likely N-dealkylation sites (N-methyl/N-ethyl adjacent to an activating group) is 1. The molecule has 0 fully saturated rings. The monoisotopic (exact) mass is 420 g/mol. The Morgan fingerprint density at radius 3 is 2.96 bits per heavy atom. The fourth-order valence-electron chi connectivity index (χ4n) is 2.37. The minimum atomic E-state index is -0.184. The normalized spacial score (nSPS) is 10.8. The molecule has 0 saturated heterocycles. The van der Waals surface area contributed by atoms with E-state index >= 15 is 0 Å². The first kappa shape index (κ1) is 20.1. The first-order valence-corrected chi connectivity index (χ1v) is 10.5. The topological polar surface area (TPSA) is 106 Å². The van der Waals surface area contributed by atoms with Crippen LogP contribution in [0.3, 0.4) is 0 Å². The Morgan fingerprint density at radius 2 is 2.25 bits per heavy atom. The molecule has 0 aliphatic rings. The van der Waals surface area contributed by atoms with Crippen LogP contribution in [-0.4, -0.2) is 55.8 Å². The van der Waals surface area contributed by atoms with Gasteiger partial charge in [-0.2, -0.15) is 0 Å². The summed E-state index contributed by atoms with van der Waals surface area (Å²) in [6.07, 6.45) is 1.58. The summed E-state index contributed by atoms with van der Waals surface area (Å²) < 4.78 is 6.86. The molecule has 0 spiro atoms. The van der Waals surface area contributed by atoms with Crippen molar-refractivity contribution in [1.82, 2.24) is 30.4 Å². The van der Waals surface area contributed by atoms with Crippen molar-refractivity contribution in [3.63, 3.8) is 0 Å². The second-order valence-corrected chi connectivity index (χ2v) is 7.73. The van der Waals surface area contributed by atoms with Crippen molar-refractivity contribution in [3.8, 4) is 0 Å². The Labute approximate surface area is 170 Å². The average Bonchev–Trinajstić information content (AvgIpc) is 3.46. The van der Waals surface area contributed by atoms with Gasteiger partial charge < -0.3 is 14.6 Å². The van der Waals surface area contributed by atoms with Crippen LogP contribution >= 0.6 is 23.1 Å². The Bertz CT molecular complexity index is 879. The summed E-state index contributed by atoms with van der Waals surface area (Å²) in [5, 5.41) is 16.8. The molecule has 9 nitrogen and oxygen atoms in total. The number of carbonyl (C=O) groups excluding carboxylic acids is 2. The molecule has 2 amide bonds. The number of thioether (sulfide) groups is 1. The van der Waals surface area contributed by atoms with Crippen molar-refractivity contribution in [2.45, 2.75) is 25.2 Å². The largest absolute Gasteiger partial charge is 0.467 e. The Hall–Kier alpha value is -2.66. The van der Waals surface area contributed by atoms with Gasteiger partial charge in [-0.1, -0.05) is 17.8 Å². The highest BCUT2D eigenvalue weighted by Gasteiger charge is 2.18. The van der Waals surface area contributed by atoms with E-state index in [4.69, 9.17) is 4.42 Å². The van der Waals surface area contributed by atoms with Crippen LogP contribution < -0.4 is 5.32 Å². The molecule has 0 unspecified atom stereocenters. The minimum absolute atomic E-state index is 0.0264. The Kier molecular flexibility index (Phi) is 7.20. The third kappa shape index (κ3) is 5.67. The molecule has 0 radical (unpaired) electrons. The number of nitrogens with one attached hydrogen (secondary N) is 1. The lowest BCUT2D eigenvalue weighted by atomic mass is 10.4. The van der Waals surface area contributed by atoms with Gasteiger partial charge in [-0.25, -0.2) is 4.68 Å². The first-order chi connectivity index (χ1) is 13.7. The van der Waals surface area contributed by atoms with Crippen LogP contribution in [0.25, 0.3) is 0 Å². The molecule has 3 aromatic rings. The van der Waals surface area contributed by atoms with Crippen LogP contribution in [0, 0.1) is 0 Å². The molecular weight excluding hydrogens is 400 g/mol. The maximum absolute atomic E-state index is 12.5.